The van der Waals surface area contributed by atoms with Crippen molar-refractivity contribution in [3.05, 3.63) is 99.8 Å². The molecular formula is C24H21IN6O. The van der Waals surface area contributed by atoms with Crippen molar-refractivity contribution in [3.8, 4) is 11.3 Å². The zero-order valence-electron chi connectivity index (χ0n) is 17.1. The molecule has 0 atom stereocenters. The Bertz CT molecular complexity index is 1210. The maximum Gasteiger partial charge on any atom is 0.255 e. The number of imidazole rings is 1. The van der Waals surface area contributed by atoms with Gasteiger partial charge in [0, 0.05) is 51.3 Å². The number of nitrogens with zero attached hydrogens (tertiary/aromatic N) is 2. The predicted octanol–water partition coefficient (Wildman–Crippen LogP) is 4.49. The third kappa shape index (κ3) is 5.38. The van der Waals surface area contributed by atoms with Gasteiger partial charge in [0.25, 0.3) is 5.91 Å². The molecule has 32 heavy (non-hydrogen) atoms. The Balaban J connectivity index is 1.38. The smallest absolute Gasteiger partial charge is 0.255 e. The molecule has 2 aromatic carbocycles. The van der Waals surface area contributed by atoms with Crippen molar-refractivity contribution >= 4 is 40.0 Å². The number of amidine groups is 1. The Kier molecular flexibility index (Phi) is 6.90. The van der Waals surface area contributed by atoms with Crippen LogP contribution in [0, 0.1) is 8.98 Å². The first kappa shape index (κ1) is 21.7. The minimum absolute atomic E-state index is 0.206. The van der Waals surface area contributed by atoms with E-state index in [1.807, 2.05) is 42.6 Å². The van der Waals surface area contributed by atoms with Crippen molar-refractivity contribution < 1.29 is 4.79 Å². The van der Waals surface area contributed by atoms with E-state index in [4.69, 9.17) is 5.41 Å². The molecule has 4 N–H and O–H groups in total. The molecule has 8 heteroatoms. The van der Waals surface area contributed by atoms with Gasteiger partial charge in [0.2, 0.25) is 0 Å². The van der Waals surface area contributed by atoms with Gasteiger partial charge in [0.1, 0.15) is 5.84 Å². The third-order valence-electron chi connectivity index (χ3n) is 4.84. The predicted molar refractivity (Wildman–Crippen MR) is 134 cm³/mol. The molecule has 0 unspecified atom stereocenters. The minimum atomic E-state index is -0.206. The van der Waals surface area contributed by atoms with Crippen LogP contribution < -0.4 is 10.6 Å². The number of anilines is 1. The summed E-state index contributed by atoms with van der Waals surface area (Å²) in [6, 6.07) is 18.5. The lowest BCUT2D eigenvalue weighted by Gasteiger charge is -2.10. The molecule has 0 aliphatic carbocycles. The number of hydrogen-bond donors (Lipinski definition) is 4. The molecule has 0 saturated carbocycles. The standard InChI is InChI=1S/C24H21IN6O/c25-21-9-8-18(13-20(21)22-3-1-2-11-28-22)31-24(32)17-6-4-16(5-7-17)23(26)29-12-10-19-14-27-15-30-19/h1-9,11,13-15H,10,12H2,(H2,26,29)(H,27,30)(H,31,32). The summed E-state index contributed by atoms with van der Waals surface area (Å²) in [5.41, 5.74) is 4.71. The molecule has 0 bridgehead atoms. The number of halogens is 1. The number of pyridine rings is 1. The fraction of sp³-hybridized carbons (Fsp3) is 0.0833. The zero-order chi connectivity index (χ0) is 22.3. The second-order valence-corrected chi connectivity index (χ2v) is 8.22. The quantitative estimate of drug-likeness (QED) is 0.159. The Morgan fingerprint density at radius 3 is 2.56 bits per heavy atom. The molecule has 4 aromatic rings. The van der Waals surface area contributed by atoms with Gasteiger partial charge in [-0.05, 0) is 65.1 Å². The number of hydrogen-bond acceptors (Lipinski definition) is 4. The molecule has 0 saturated heterocycles. The Labute approximate surface area is 199 Å². The number of carbonyl (C=O) groups excluding carboxylic acids is 1. The molecule has 0 aliphatic rings. The van der Waals surface area contributed by atoms with Crippen LogP contribution in [-0.2, 0) is 6.42 Å². The lowest BCUT2D eigenvalue weighted by molar-refractivity contribution is 0.102. The fourth-order valence-electron chi connectivity index (χ4n) is 3.16. The Hall–Kier alpha value is -3.53. The molecule has 1 amide bonds. The van der Waals surface area contributed by atoms with E-state index >= 15 is 0 Å². The summed E-state index contributed by atoms with van der Waals surface area (Å²) in [6.07, 6.45) is 5.95. The van der Waals surface area contributed by atoms with Crippen molar-refractivity contribution in [1.82, 2.24) is 20.3 Å². The third-order valence-corrected chi connectivity index (χ3v) is 5.78. The van der Waals surface area contributed by atoms with Crippen molar-refractivity contribution in [2.75, 3.05) is 11.9 Å². The van der Waals surface area contributed by atoms with Gasteiger partial charge in [0.05, 0.1) is 17.7 Å². The van der Waals surface area contributed by atoms with Crippen LogP contribution in [-0.4, -0.2) is 33.2 Å². The van der Waals surface area contributed by atoms with Crippen LogP contribution in [0.5, 0.6) is 0 Å². The Morgan fingerprint density at radius 2 is 1.84 bits per heavy atom. The zero-order valence-corrected chi connectivity index (χ0v) is 19.3. The summed E-state index contributed by atoms with van der Waals surface area (Å²) in [7, 11) is 0. The van der Waals surface area contributed by atoms with Crippen molar-refractivity contribution in [2.45, 2.75) is 6.42 Å². The molecule has 0 radical (unpaired) electrons. The average molecular weight is 536 g/mol. The summed E-state index contributed by atoms with van der Waals surface area (Å²) in [5, 5.41) is 14.2. The van der Waals surface area contributed by atoms with Crippen LogP contribution in [0.15, 0.2) is 79.4 Å². The topological polar surface area (TPSA) is 107 Å². The Morgan fingerprint density at radius 1 is 1.03 bits per heavy atom. The molecule has 2 heterocycles. The van der Waals surface area contributed by atoms with Gasteiger partial charge in [-0.25, -0.2) is 4.98 Å². The summed E-state index contributed by atoms with van der Waals surface area (Å²) < 4.78 is 1.06. The largest absolute Gasteiger partial charge is 0.370 e. The number of rotatable bonds is 7. The van der Waals surface area contributed by atoms with E-state index in [2.05, 4.69) is 48.2 Å². The highest BCUT2D eigenvalue weighted by atomic mass is 127. The highest BCUT2D eigenvalue weighted by molar-refractivity contribution is 14.1. The SMILES string of the molecule is N=C(NCCc1c[nH]cn1)c1ccc(C(=O)Nc2ccc(I)c(-c3ccccn3)c2)cc1. The van der Waals surface area contributed by atoms with Crippen LogP contribution in [0.1, 0.15) is 21.6 Å². The number of amides is 1. The number of aromatic amines is 1. The van der Waals surface area contributed by atoms with Gasteiger partial charge in [-0.1, -0.05) is 18.2 Å². The first-order valence-corrected chi connectivity index (χ1v) is 11.1. The van der Waals surface area contributed by atoms with Crippen LogP contribution >= 0.6 is 22.6 Å². The summed E-state index contributed by atoms with van der Waals surface area (Å²) in [6.45, 7) is 0.608. The molecule has 160 valence electrons. The fourth-order valence-corrected chi connectivity index (χ4v) is 3.77. The molecule has 0 aliphatic heterocycles. The maximum atomic E-state index is 12.7. The van der Waals surface area contributed by atoms with Gasteiger partial charge in [-0.2, -0.15) is 0 Å². The highest BCUT2D eigenvalue weighted by Crippen LogP contribution is 2.27. The van der Waals surface area contributed by atoms with Crippen molar-refractivity contribution in [3.63, 3.8) is 0 Å². The minimum Gasteiger partial charge on any atom is -0.370 e. The first-order chi connectivity index (χ1) is 15.6. The maximum absolute atomic E-state index is 12.7. The van der Waals surface area contributed by atoms with Gasteiger partial charge in [-0.3, -0.25) is 15.2 Å². The molecule has 0 spiro atoms. The van der Waals surface area contributed by atoms with E-state index in [9.17, 15) is 4.79 Å². The lowest BCUT2D eigenvalue weighted by atomic mass is 10.1. The molecule has 0 fully saturated rings. The van der Waals surface area contributed by atoms with Gasteiger partial charge in [-0.15, -0.1) is 0 Å². The normalized spacial score (nSPS) is 10.5. The number of aromatic nitrogens is 3. The van der Waals surface area contributed by atoms with Crippen LogP contribution in [0.25, 0.3) is 11.3 Å². The number of nitrogens with one attached hydrogen (secondary N) is 4. The number of H-pyrrole nitrogens is 1. The lowest BCUT2D eigenvalue weighted by Crippen LogP contribution is -2.25. The number of benzene rings is 2. The van der Waals surface area contributed by atoms with E-state index in [0.717, 1.165) is 32.5 Å². The summed E-state index contributed by atoms with van der Waals surface area (Å²) >= 11 is 2.26. The van der Waals surface area contributed by atoms with E-state index < -0.39 is 0 Å². The van der Waals surface area contributed by atoms with Gasteiger partial charge >= 0.3 is 0 Å². The van der Waals surface area contributed by atoms with E-state index in [0.29, 0.717) is 23.6 Å². The highest BCUT2D eigenvalue weighted by Gasteiger charge is 2.10. The van der Waals surface area contributed by atoms with Crippen molar-refractivity contribution in [1.29, 1.82) is 5.41 Å². The van der Waals surface area contributed by atoms with Crippen LogP contribution in [0.4, 0.5) is 5.69 Å². The number of carbonyl (C=O) groups is 1. The summed E-state index contributed by atoms with van der Waals surface area (Å²) in [5.74, 6) is 0.105. The van der Waals surface area contributed by atoms with E-state index in [1.165, 1.54) is 0 Å². The second kappa shape index (κ2) is 10.2. The van der Waals surface area contributed by atoms with E-state index in [-0.39, 0.29) is 5.91 Å². The van der Waals surface area contributed by atoms with Crippen LogP contribution in [0.2, 0.25) is 0 Å². The van der Waals surface area contributed by atoms with Crippen molar-refractivity contribution in [2.24, 2.45) is 0 Å². The molecule has 2 aromatic heterocycles. The second-order valence-electron chi connectivity index (χ2n) is 7.05. The molecular weight excluding hydrogens is 515 g/mol. The van der Waals surface area contributed by atoms with Crippen LogP contribution in [0.3, 0.4) is 0 Å². The summed E-state index contributed by atoms with van der Waals surface area (Å²) in [4.78, 5) is 24.2. The average Bonchev–Trinajstić information content (AvgIpc) is 3.34. The molecule has 7 nitrogen and oxygen atoms in total. The van der Waals surface area contributed by atoms with Gasteiger partial charge < -0.3 is 15.6 Å². The monoisotopic (exact) mass is 536 g/mol. The first-order valence-electron chi connectivity index (χ1n) is 10.0. The van der Waals surface area contributed by atoms with Gasteiger partial charge in [0.15, 0.2) is 0 Å². The van der Waals surface area contributed by atoms with E-state index in [1.54, 1.807) is 36.8 Å². The molecule has 4 rings (SSSR count).